The number of benzene rings is 1. The molecule has 0 bridgehead atoms. The van der Waals surface area contributed by atoms with Gasteiger partial charge in [-0.3, -0.25) is 4.79 Å². The van der Waals surface area contributed by atoms with Crippen molar-refractivity contribution in [1.29, 1.82) is 0 Å². The molecule has 0 aliphatic carbocycles. The Morgan fingerprint density at radius 2 is 1.84 bits per heavy atom. The maximum absolute atomic E-state index is 13.0. The molecule has 0 aromatic heterocycles. The van der Waals surface area contributed by atoms with E-state index in [2.05, 4.69) is 0 Å². The molecule has 1 aliphatic heterocycles. The SMILES string of the molecule is COC(=O)C1CN(C(=O)OC(C)(C)C)Cc2cc(C(F)(F)F)ccc21. The van der Waals surface area contributed by atoms with E-state index in [1.165, 1.54) is 18.1 Å². The average Bonchev–Trinajstić information content (AvgIpc) is 2.49. The highest BCUT2D eigenvalue weighted by atomic mass is 19.4. The molecule has 1 heterocycles. The van der Waals surface area contributed by atoms with Crippen LogP contribution >= 0.6 is 0 Å². The maximum Gasteiger partial charge on any atom is 0.416 e. The molecule has 25 heavy (non-hydrogen) atoms. The molecule has 0 saturated heterocycles. The zero-order valence-corrected chi connectivity index (χ0v) is 14.4. The van der Waals surface area contributed by atoms with Crippen LogP contribution in [0.25, 0.3) is 0 Å². The van der Waals surface area contributed by atoms with Gasteiger partial charge >= 0.3 is 18.2 Å². The standard InChI is InChI=1S/C17H20F3NO4/c1-16(2,3)25-15(23)21-8-10-7-11(17(18,19)20)5-6-12(10)13(9-21)14(22)24-4/h5-7,13H,8-9H2,1-4H3. The van der Waals surface area contributed by atoms with Gasteiger partial charge in [0.25, 0.3) is 0 Å². The monoisotopic (exact) mass is 359 g/mol. The molecule has 1 aromatic carbocycles. The zero-order chi connectivity index (χ0) is 19.0. The lowest BCUT2D eigenvalue weighted by Crippen LogP contribution is -2.43. The second-order valence-electron chi connectivity index (χ2n) is 6.85. The molecule has 0 N–H and O–H groups in total. The Morgan fingerprint density at radius 1 is 1.20 bits per heavy atom. The van der Waals surface area contributed by atoms with E-state index < -0.39 is 35.3 Å². The Kier molecular flexibility index (Phi) is 5.02. The third kappa shape index (κ3) is 4.43. The summed E-state index contributed by atoms with van der Waals surface area (Å²) in [5.41, 5.74) is -0.908. The highest BCUT2D eigenvalue weighted by Gasteiger charge is 2.37. The maximum atomic E-state index is 13.0. The molecule has 1 unspecified atom stereocenters. The molecular formula is C17H20F3NO4. The van der Waals surface area contributed by atoms with E-state index in [4.69, 9.17) is 9.47 Å². The molecule has 0 spiro atoms. The van der Waals surface area contributed by atoms with Crippen LogP contribution in [0.1, 0.15) is 43.4 Å². The fraction of sp³-hybridized carbons (Fsp3) is 0.529. The molecule has 0 saturated carbocycles. The lowest BCUT2D eigenvalue weighted by molar-refractivity contribution is -0.143. The first kappa shape index (κ1) is 19.1. The fourth-order valence-electron chi connectivity index (χ4n) is 2.66. The number of methoxy groups -OCH3 is 1. The van der Waals surface area contributed by atoms with Crippen molar-refractivity contribution in [3.8, 4) is 0 Å². The van der Waals surface area contributed by atoms with Gasteiger partial charge in [0.05, 0.1) is 18.6 Å². The van der Waals surface area contributed by atoms with Crippen molar-refractivity contribution in [2.75, 3.05) is 13.7 Å². The van der Waals surface area contributed by atoms with Crippen LogP contribution in [0, 0.1) is 0 Å². The smallest absolute Gasteiger partial charge is 0.416 e. The van der Waals surface area contributed by atoms with Gasteiger partial charge in [-0.05, 0) is 44.0 Å². The Labute approximate surface area is 143 Å². The molecule has 1 aromatic rings. The largest absolute Gasteiger partial charge is 0.468 e. The van der Waals surface area contributed by atoms with Crippen LogP contribution in [0.2, 0.25) is 0 Å². The summed E-state index contributed by atoms with van der Waals surface area (Å²) in [5.74, 6) is -1.47. The van der Waals surface area contributed by atoms with Crippen molar-refractivity contribution < 1.29 is 32.2 Å². The van der Waals surface area contributed by atoms with E-state index in [1.807, 2.05) is 0 Å². The average molecular weight is 359 g/mol. The molecular weight excluding hydrogens is 339 g/mol. The summed E-state index contributed by atoms with van der Waals surface area (Å²) in [6.07, 6.45) is -5.20. The van der Waals surface area contributed by atoms with Gasteiger partial charge in [-0.15, -0.1) is 0 Å². The molecule has 1 aliphatic rings. The van der Waals surface area contributed by atoms with Crippen LogP contribution in [0.3, 0.4) is 0 Å². The van der Waals surface area contributed by atoms with Gasteiger partial charge < -0.3 is 14.4 Å². The molecule has 1 atom stereocenters. The van der Waals surface area contributed by atoms with Crippen LogP contribution in [0.5, 0.6) is 0 Å². The first-order chi connectivity index (χ1) is 11.4. The molecule has 0 fully saturated rings. The minimum Gasteiger partial charge on any atom is -0.468 e. The number of nitrogens with zero attached hydrogens (tertiary/aromatic N) is 1. The predicted octanol–water partition coefficient (Wildman–Crippen LogP) is 3.71. The third-order valence-electron chi connectivity index (χ3n) is 3.75. The Balaban J connectivity index is 2.40. The van der Waals surface area contributed by atoms with E-state index in [-0.39, 0.29) is 18.7 Å². The number of amides is 1. The topological polar surface area (TPSA) is 55.8 Å². The van der Waals surface area contributed by atoms with E-state index in [9.17, 15) is 22.8 Å². The van der Waals surface area contributed by atoms with Crippen molar-refractivity contribution in [2.45, 2.75) is 45.0 Å². The van der Waals surface area contributed by atoms with E-state index in [1.54, 1.807) is 20.8 Å². The molecule has 8 heteroatoms. The van der Waals surface area contributed by atoms with Gasteiger partial charge in [0.2, 0.25) is 0 Å². The minimum atomic E-state index is -4.51. The number of ether oxygens (including phenoxy) is 2. The van der Waals surface area contributed by atoms with Crippen LogP contribution in [0.15, 0.2) is 18.2 Å². The number of alkyl halides is 3. The third-order valence-corrected chi connectivity index (χ3v) is 3.75. The van der Waals surface area contributed by atoms with Crippen molar-refractivity contribution in [3.05, 3.63) is 34.9 Å². The summed E-state index contributed by atoms with van der Waals surface area (Å²) in [4.78, 5) is 25.6. The summed E-state index contributed by atoms with van der Waals surface area (Å²) in [5, 5.41) is 0. The van der Waals surface area contributed by atoms with Crippen molar-refractivity contribution in [1.82, 2.24) is 4.90 Å². The highest BCUT2D eigenvalue weighted by molar-refractivity contribution is 5.81. The Morgan fingerprint density at radius 3 is 2.36 bits per heavy atom. The van der Waals surface area contributed by atoms with Crippen molar-refractivity contribution in [2.24, 2.45) is 0 Å². The van der Waals surface area contributed by atoms with Gasteiger partial charge in [0.1, 0.15) is 5.60 Å². The number of hydrogen-bond donors (Lipinski definition) is 0. The minimum absolute atomic E-state index is 0.0139. The van der Waals surface area contributed by atoms with Crippen LogP contribution < -0.4 is 0 Å². The van der Waals surface area contributed by atoms with Crippen LogP contribution in [-0.2, 0) is 27.0 Å². The summed E-state index contributed by atoms with van der Waals surface area (Å²) < 4.78 is 48.9. The van der Waals surface area contributed by atoms with Crippen molar-refractivity contribution in [3.63, 3.8) is 0 Å². The Bertz CT molecular complexity index is 679. The molecule has 138 valence electrons. The number of carbonyl (C=O) groups excluding carboxylic acids is 2. The number of halogens is 3. The van der Waals surface area contributed by atoms with Crippen LogP contribution in [-0.4, -0.2) is 36.2 Å². The fourth-order valence-corrected chi connectivity index (χ4v) is 2.66. The van der Waals surface area contributed by atoms with E-state index >= 15 is 0 Å². The first-order valence-electron chi connectivity index (χ1n) is 7.68. The van der Waals surface area contributed by atoms with Gasteiger partial charge in [-0.2, -0.15) is 13.2 Å². The van der Waals surface area contributed by atoms with E-state index in [0.29, 0.717) is 5.56 Å². The molecule has 2 rings (SSSR count). The Hall–Kier alpha value is -2.25. The number of rotatable bonds is 1. The lowest BCUT2D eigenvalue weighted by atomic mass is 9.88. The molecule has 1 amide bonds. The van der Waals surface area contributed by atoms with Gasteiger partial charge in [0.15, 0.2) is 0 Å². The first-order valence-corrected chi connectivity index (χ1v) is 7.68. The number of fused-ring (bicyclic) bond motifs is 1. The van der Waals surface area contributed by atoms with E-state index in [0.717, 1.165) is 12.1 Å². The summed E-state index contributed by atoms with van der Waals surface area (Å²) in [6, 6.07) is 3.16. The molecule has 0 radical (unpaired) electrons. The second kappa shape index (κ2) is 6.57. The number of esters is 1. The predicted molar refractivity (Wildman–Crippen MR) is 82.8 cm³/mol. The molecule has 5 nitrogen and oxygen atoms in total. The van der Waals surface area contributed by atoms with Gasteiger partial charge in [0, 0.05) is 13.1 Å². The lowest BCUT2D eigenvalue weighted by Gasteiger charge is -2.34. The number of carbonyl (C=O) groups is 2. The number of hydrogen-bond acceptors (Lipinski definition) is 4. The zero-order valence-electron chi connectivity index (χ0n) is 14.4. The quantitative estimate of drug-likeness (QED) is 0.718. The normalized spacial score (nSPS) is 17.7. The summed E-state index contributed by atoms with van der Waals surface area (Å²) >= 11 is 0. The van der Waals surface area contributed by atoms with Gasteiger partial charge in [-0.1, -0.05) is 6.07 Å². The van der Waals surface area contributed by atoms with Crippen LogP contribution in [0.4, 0.5) is 18.0 Å². The van der Waals surface area contributed by atoms with Crippen molar-refractivity contribution >= 4 is 12.1 Å². The summed E-state index contributed by atoms with van der Waals surface area (Å²) in [6.45, 7) is 4.97. The highest BCUT2D eigenvalue weighted by Crippen LogP contribution is 2.36. The second-order valence-corrected chi connectivity index (χ2v) is 6.85. The summed E-state index contributed by atoms with van der Waals surface area (Å²) in [7, 11) is 1.19. The van der Waals surface area contributed by atoms with Gasteiger partial charge in [-0.25, -0.2) is 4.79 Å².